The molecule has 1 aromatic rings. The molecule has 2 aliphatic heterocycles. The first-order valence-corrected chi connectivity index (χ1v) is 11.1. The summed E-state index contributed by atoms with van der Waals surface area (Å²) < 4.78 is 13.3. The predicted octanol–water partition coefficient (Wildman–Crippen LogP) is 2.36. The van der Waals surface area contributed by atoms with E-state index < -0.39 is 20.7 Å². The van der Waals surface area contributed by atoms with Gasteiger partial charge in [-0.1, -0.05) is 0 Å². The third-order valence-corrected chi connectivity index (χ3v) is 7.36. The van der Waals surface area contributed by atoms with Gasteiger partial charge in [-0.25, -0.2) is 9.59 Å². The number of carbonyl (C=O) groups excluding carboxylic acids is 2. The number of aliphatic hydroxyl groups excluding tert-OH is 1. The number of alkyl carbamates (subject to hydrolysis) is 1. The van der Waals surface area contributed by atoms with Crippen molar-refractivity contribution in [2.75, 3.05) is 17.3 Å². The second kappa shape index (κ2) is 7.20. The van der Waals surface area contributed by atoms with Crippen LogP contribution >= 0.6 is 15.9 Å². The number of benzene rings is 1. The molecule has 1 aromatic carbocycles. The van der Waals surface area contributed by atoms with Gasteiger partial charge in [0.2, 0.25) is 0 Å². The molecule has 0 saturated carbocycles. The average Bonchev–Trinajstić information content (AvgIpc) is 3.08. The molecule has 26 heavy (non-hydrogen) atoms. The van der Waals surface area contributed by atoms with E-state index in [0.717, 1.165) is 15.7 Å². The fourth-order valence-corrected chi connectivity index (χ4v) is 6.19. The lowest BCUT2D eigenvalue weighted by atomic mass is 10.1. The van der Waals surface area contributed by atoms with Crippen LogP contribution in [0, 0.1) is 0 Å². The summed E-state index contributed by atoms with van der Waals surface area (Å²) in [5, 5.41) is 12.7. The fourth-order valence-electron chi connectivity index (χ4n) is 3.14. The molecule has 0 unspecified atom stereocenters. The summed E-state index contributed by atoms with van der Waals surface area (Å²) in [7, 11) is -1.27. The Morgan fingerprint density at radius 1 is 1.50 bits per heavy atom. The van der Waals surface area contributed by atoms with Crippen LogP contribution in [0.3, 0.4) is 0 Å². The highest BCUT2D eigenvalue weighted by atomic mass is 79.9. The van der Waals surface area contributed by atoms with E-state index in [2.05, 4.69) is 25.8 Å². The minimum Gasteiger partial charge on any atom is -0.457 e. The summed E-state index contributed by atoms with van der Waals surface area (Å²) >= 11 is 3.53. The summed E-state index contributed by atoms with van der Waals surface area (Å²) in [6.45, 7) is 6.31. The Morgan fingerprint density at radius 3 is 2.88 bits per heavy atom. The molecule has 7 nitrogen and oxygen atoms in total. The van der Waals surface area contributed by atoms with Gasteiger partial charge in [-0.2, -0.15) is 0 Å². The van der Waals surface area contributed by atoms with Crippen molar-refractivity contribution in [3.05, 3.63) is 27.7 Å². The number of nitrogens with zero attached hydrogens (tertiary/aromatic N) is 1. The number of esters is 1. The zero-order valence-corrected chi connectivity index (χ0v) is 17.6. The molecule has 0 aromatic heterocycles. The van der Waals surface area contributed by atoms with Crippen molar-refractivity contribution < 1.29 is 24.2 Å². The first-order chi connectivity index (χ1) is 12.2. The average molecular weight is 442 g/mol. The smallest absolute Gasteiger partial charge is 0.407 e. The molecule has 1 saturated heterocycles. The number of rotatable bonds is 3. The number of fused-ring (bicyclic) bond motifs is 1. The van der Waals surface area contributed by atoms with Crippen LogP contribution in [0.25, 0.3) is 0 Å². The van der Waals surface area contributed by atoms with Gasteiger partial charge in [-0.15, -0.1) is 0 Å². The zero-order chi connectivity index (χ0) is 19.1. The van der Waals surface area contributed by atoms with E-state index in [9.17, 15) is 14.7 Å². The minimum atomic E-state index is -1.27. The van der Waals surface area contributed by atoms with Gasteiger partial charge in [0.25, 0.3) is 0 Å². The maximum Gasteiger partial charge on any atom is 0.407 e. The highest BCUT2D eigenvalue weighted by Crippen LogP contribution is 2.36. The Bertz CT molecular complexity index is 737. The van der Waals surface area contributed by atoms with Gasteiger partial charge >= 0.3 is 12.1 Å². The van der Waals surface area contributed by atoms with Crippen LogP contribution in [-0.2, 0) is 16.1 Å². The topological polar surface area (TPSA) is 88.1 Å². The Kier molecular flexibility index (Phi) is 5.32. The first kappa shape index (κ1) is 19.2. The number of amides is 1. The van der Waals surface area contributed by atoms with Crippen LogP contribution in [0.1, 0.15) is 36.7 Å². The molecule has 2 aliphatic rings. The Morgan fingerprint density at radius 2 is 2.23 bits per heavy atom. The van der Waals surface area contributed by atoms with Crippen LogP contribution in [0.5, 0.6) is 0 Å². The summed E-state index contributed by atoms with van der Waals surface area (Å²) in [5.41, 5.74) is 1.78. The summed E-state index contributed by atoms with van der Waals surface area (Å²) in [6.07, 6.45) is -0.383. The van der Waals surface area contributed by atoms with Gasteiger partial charge in [0.1, 0.15) is 12.2 Å². The van der Waals surface area contributed by atoms with Gasteiger partial charge in [0.05, 0.1) is 11.8 Å². The normalized spacial score (nSPS) is 20.1. The quantitative estimate of drug-likeness (QED) is 0.552. The van der Waals surface area contributed by atoms with Crippen molar-refractivity contribution in [3.8, 4) is 0 Å². The predicted molar refractivity (Wildman–Crippen MR) is 101 cm³/mol. The number of hydrogen-bond donors (Lipinski definition) is 2. The first-order valence-electron chi connectivity index (χ1n) is 8.40. The lowest BCUT2D eigenvalue weighted by molar-refractivity contribution is 0.0508. The Balaban J connectivity index is 1.76. The van der Waals surface area contributed by atoms with Crippen molar-refractivity contribution in [2.24, 2.45) is 0 Å². The van der Waals surface area contributed by atoms with E-state index in [1.807, 2.05) is 26.8 Å². The van der Waals surface area contributed by atoms with Crippen molar-refractivity contribution in [1.29, 1.82) is 0 Å². The number of hydrogen-bond acceptors (Lipinski definition) is 6. The largest absolute Gasteiger partial charge is 0.457 e. The van der Waals surface area contributed by atoms with E-state index in [0.29, 0.717) is 18.2 Å². The molecule has 3 rings (SSSR count). The van der Waals surface area contributed by atoms with Crippen LogP contribution in [0.2, 0.25) is 6.04 Å². The molecule has 1 atom stereocenters. The Labute approximate surface area is 162 Å². The van der Waals surface area contributed by atoms with Gasteiger partial charge in [0.15, 0.2) is 8.96 Å². The van der Waals surface area contributed by atoms with Gasteiger partial charge < -0.3 is 24.5 Å². The molecular formula is C17H22BrN2O5Si. The van der Waals surface area contributed by atoms with Gasteiger partial charge in [-0.3, -0.25) is 0 Å². The van der Waals surface area contributed by atoms with E-state index in [1.54, 1.807) is 6.07 Å². The molecule has 0 bridgehead atoms. The third-order valence-electron chi connectivity index (χ3n) is 4.21. The molecular weight excluding hydrogens is 420 g/mol. The van der Waals surface area contributed by atoms with E-state index in [4.69, 9.17) is 9.47 Å². The van der Waals surface area contributed by atoms with Crippen LogP contribution in [-0.4, -0.2) is 50.5 Å². The molecule has 1 radical (unpaired) electrons. The van der Waals surface area contributed by atoms with E-state index in [1.165, 1.54) is 0 Å². The third kappa shape index (κ3) is 4.05. The fraction of sp³-hybridized carbons (Fsp3) is 0.529. The highest BCUT2D eigenvalue weighted by molar-refractivity contribution is 9.10. The maximum atomic E-state index is 12.0. The summed E-state index contributed by atoms with van der Waals surface area (Å²) in [5.74, 6) is -0.314. The lowest BCUT2D eigenvalue weighted by Gasteiger charge is -2.26. The van der Waals surface area contributed by atoms with Crippen molar-refractivity contribution >= 4 is 42.6 Å². The number of halogens is 1. The van der Waals surface area contributed by atoms with Crippen molar-refractivity contribution in [2.45, 2.75) is 45.1 Å². The molecule has 1 fully saturated rings. The number of carbonyl (C=O) groups is 2. The Hall–Kier alpha value is -1.58. The van der Waals surface area contributed by atoms with Crippen LogP contribution in [0.4, 0.5) is 10.5 Å². The number of ether oxygens (including phenoxy) is 2. The number of cyclic esters (lactones) is 1. The van der Waals surface area contributed by atoms with Crippen molar-refractivity contribution in [3.63, 3.8) is 0 Å². The van der Waals surface area contributed by atoms with E-state index >= 15 is 0 Å². The second-order valence-corrected chi connectivity index (χ2v) is 10.7. The SMILES string of the molecule is CC(C)(C)OC(=O)N[C@@H]1CN(c2cc3c(cc2Br)C(=O)OC3)[Si](CO)C1. The van der Waals surface area contributed by atoms with Crippen molar-refractivity contribution in [1.82, 2.24) is 5.32 Å². The standard InChI is InChI=1S/C17H22BrN2O5Si/c1-17(2,3)25-16(23)19-11-6-20(26(8-11)9-21)14-4-10-7-24-15(22)12(10)5-13(14)18/h4-5,11,21H,6-9H2,1-3H3,(H,19,23)/t11-/m1/s1. The molecule has 2 N–H and O–H groups in total. The zero-order valence-electron chi connectivity index (χ0n) is 15.0. The molecule has 0 aliphatic carbocycles. The maximum absolute atomic E-state index is 12.0. The molecule has 141 valence electrons. The van der Waals surface area contributed by atoms with E-state index in [-0.39, 0.29) is 24.8 Å². The van der Waals surface area contributed by atoms with Crippen LogP contribution in [0.15, 0.2) is 16.6 Å². The number of anilines is 1. The molecule has 1 amide bonds. The number of nitrogens with one attached hydrogen (secondary N) is 1. The monoisotopic (exact) mass is 441 g/mol. The van der Waals surface area contributed by atoms with Gasteiger partial charge in [-0.05, 0) is 54.9 Å². The highest BCUT2D eigenvalue weighted by Gasteiger charge is 2.37. The molecule has 0 spiro atoms. The minimum absolute atomic E-state index is 0.0656. The lowest BCUT2D eigenvalue weighted by Crippen LogP contribution is -2.40. The second-order valence-electron chi connectivity index (χ2n) is 7.42. The summed E-state index contributed by atoms with van der Waals surface area (Å²) in [6, 6.07) is 4.31. The van der Waals surface area contributed by atoms with Crippen LogP contribution < -0.4 is 9.88 Å². The summed E-state index contributed by atoms with van der Waals surface area (Å²) in [4.78, 5) is 23.7. The van der Waals surface area contributed by atoms with Gasteiger partial charge in [0, 0.05) is 28.3 Å². The molecule has 2 heterocycles. The number of aliphatic hydroxyl groups is 1. The molecule has 9 heteroatoms.